The van der Waals surface area contributed by atoms with Crippen LogP contribution in [0.4, 0.5) is 4.39 Å². The average molecular weight is 220 g/mol. The predicted molar refractivity (Wildman–Crippen MR) is 58.5 cm³/mol. The summed E-state index contributed by atoms with van der Waals surface area (Å²) in [6.07, 6.45) is 2.43. The summed E-state index contributed by atoms with van der Waals surface area (Å²) in [5.74, 6) is -0.330. The number of nitrogens with zero attached hydrogens (tertiary/aromatic N) is 3. The summed E-state index contributed by atoms with van der Waals surface area (Å²) in [6.45, 7) is 1.97. The molecule has 0 amide bonds. The van der Waals surface area contributed by atoms with Crippen molar-refractivity contribution in [1.29, 1.82) is 0 Å². The smallest absolute Gasteiger partial charge is 0.148 e. The molecule has 0 aliphatic carbocycles. The maximum absolute atomic E-state index is 13.4. The molecule has 0 radical (unpaired) electrons. The Morgan fingerprint density at radius 3 is 2.88 bits per heavy atom. The quantitative estimate of drug-likeness (QED) is 0.858. The van der Waals surface area contributed by atoms with Crippen molar-refractivity contribution in [2.75, 3.05) is 0 Å². The van der Waals surface area contributed by atoms with E-state index in [1.54, 1.807) is 24.4 Å². The predicted octanol–water partition coefficient (Wildman–Crippen LogP) is 1.82. The summed E-state index contributed by atoms with van der Waals surface area (Å²) in [5.41, 5.74) is 6.87. The Morgan fingerprint density at radius 2 is 2.19 bits per heavy atom. The molecule has 0 fully saturated rings. The number of rotatable bonds is 3. The SMILES string of the molecule is CCC(N)c1cn(-c2ccccc2F)nn1. The summed E-state index contributed by atoms with van der Waals surface area (Å²) in [7, 11) is 0. The van der Waals surface area contributed by atoms with Crippen molar-refractivity contribution < 1.29 is 4.39 Å². The lowest BCUT2D eigenvalue weighted by molar-refractivity contribution is 0.607. The second-order valence-corrected chi connectivity index (χ2v) is 3.55. The van der Waals surface area contributed by atoms with Crippen LogP contribution in [0.2, 0.25) is 0 Å². The second-order valence-electron chi connectivity index (χ2n) is 3.55. The van der Waals surface area contributed by atoms with E-state index in [4.69, 9.17) is 5.73 Å². The van der Waals surface area contributed by atoms with Crippen LogP contribution in [0.3, 0.4) is 0 Å². The van der Waals surface area contributed by atoms with Crippen LogP contribution in [0.5, 0.6) is 0 Å². The van der Waals surface area contributed by atoms with Crippen LogP contribution >= 0.6 is 0 Å². The van der Waals surface area contributed by atoms with Crippen LogP contribution in [-0.2, 0) is 0 Å². The van der Waals surface area contributed by atoms with Gasteiger partial charge in [-0.15, -0.1) is 5.10 Å². The number of benzene rings is 1. The molecule has 4 nitrogen and oxygen atoms in total. The Morgan fingerprint density at radius 1 is 1.44 bits per heavy atom. The molecule has 1 unspecified atom stereocenters. The Kier molecular flexibility index (Phi) is 2.96. The van der Waals surface area contributed by atoms with E-state index in [0.717, 1.165) is 6.42 Å². The maximum Gasteiger partial charge on any atom is 0.148 e. The molecule has 1 heterocycles. The van der Waals surface area contributed by atoms with Gasteiger partial charge in [0.1, 0.15) is 11.5 Å². The Hall–Kier alpha value is -1.75. The highest BCUT2D eigenvalue weighted by atomic mass is 19.1. The van der Waals surface area contributed by atoms with Gasteiger partial charge in [-0.25, -0.2) is 9.07 Å². The fourth-order valence-corrected chi connectivity index (χ4v) is 1.41. The van der Waals surface area contributed by atoms with Gasteiger partial charge >= 0.3 is 0 Å². The maximum atomic E-state index is 13.4. The molecule has 0 aliphatic heterocycles. The summed E-state index contributed by atoms with van der Waals surface area (Å²) in [6, 6.07) is 6.26. The van der Waals surface area contributed by atoms with Gasteiger partial charge in [-0.1, -0.05) is 24.3 Å². The van der Waals surface area contributed by atoms with Gasteiger partial charge in [0.25, 0.3) is 0 Å². The fraction of sp³-hybridized carbons (Fsp3) is 0.273. The standard InChI is InChI=1S/C11H13FN4/c1-2-9(13)10-7-16(15-14-10)11-6-4-3-5-8(11)12/h3-7,9H,2,13H2,1H3. The minimum Gasteiger partial charge on any atom is -0.323 e. The number of aromatic nitrogens is 3. The third kappa shape index (κ3) is 1.94. The molecule has 2 aromatic rings. The van der Waals surface area contributed by atoms with Crippen LogP contribution in [0.25, 0.3) is 5.69 Å². The number of hydrogen-bond acceptors (Lipinski definition) is 3. The van der Waals surface area contributed by atoms with Gasteiger partial charge in [0.2, 0.25) is 0 Å². The van der Waals surface area contributed by atoms with Gasteiger partial charge in [-0.2, -0.15) is 0 Å². The number of para-hydroxylation sites is 1. The van der Waals surface area contributed by atoms with Crippen LogP contribution < -0.4 is 5.73 Å². The molecule has 0 bridgehead atoms. The van der Waals surface area contributed by atoms with E-state index in [-0.39, 0.29) is 11.9 Å². The van der Waals surface area contributed by atoms with Crippen LogP contribution in [0, 0.1) is 5.82 Å². The molecule has 1 aromatic heterocycles. The molecule has 2 N–H and O–H groups in total. The first-order valence-corrected chi connectivity index (χ1v) is 5.15. The van der Waals surface area contributed by atoms with Crippen molar-refractivity contribution in [1.82, 2.24) is 15.0 Å². The average Bonchev–Trinajstić information content (AvgIpc) is 2.78. The lowest BCUT2D eigenvalue weighted by atomic mass is 10.2. The van der Waals surface area contributed by atoms with E-state index >= 15 is 0 Å². The highest BCUT2D eigenvalue weighted by Gasteiger charge is 2.10. The summed E-state index contributed by atoms with van der Waals surface area (Å²) >= 11 is 0. The van der Waals surface area contributed by atoms with Crippen molar-refractivity contribution >= 4 is 0 Å². The highest BCUT2D eigenvalue weighted by Crippen LogP contribution is 2.14. The molecule has 0 saturated heterocycles. The summed E-state index contributed by atoms with van der Waals surface area (Å²) < 4.78 is 14.9. The van der Waals surface area contributed by atoms with E-state index in [0.29, 0.717) is 11.4 Å². The normalized spacial score (nSPS) is 12.7. The van der Waals surface area contributed by atoms with Gasteiger partial charge in [-0.3, -0.25) is 0 Å². The van der Waals surface area contributed by atoms with Crippen LogP contribution in [-0.4, -0.2) is 15.0 Å². The molecular formula is C11H13FN4. The molecule has 16 heavy (non-hydrogen) atoms. The Bertz CT molecular complexity index is 480. The molecular weight excluding hydrogens is 207 g/mol. The summed E-state index contributed by atoms with van der Waals surface area (Å²) in [5, 5.41) is 7.79. The number of nitrogens with two attached hydrogens (primary N) is 1. The molecule has 5 heteroatoms. The van der Waals surface area contributed by atoms with Crippen molar-refractivity contribution in [2.24, 2.45) is 5.73 Å². The van der Waals surface area contributed by atoms with Crippen molar-refractivity contribution in [2.45, 2.75) is 19.4 Å². The van der Waals surface area contributed by atoms with Crippen molar-refractivity contribution in [3.63, 3.8) is 0 Å². The van der Waals surface area contributed by atoms with Crippen LogP contribution in [0.15, 0.2) is 30.5 Å². The minimum atomic E-state index is -0.330. The monoisotopic (exact) mass is 220 g/mol. The third-order valence-electron chi connectivity index (χ3n) is 2.43. The third-order valence-corrected chi connectivity index (χ3v) is 2.43. The molecule has 84 valence electrons. The molecule has 2 rings (SSSR count). The molecule has 0 aliphatic rings. The highest BCUT2D eigenvalue weighted by molar-refractivity contribution is 5.32. The molecule has 0 saturated carbocycles. The first kappa shape index (κ1) is 10.8. The number of hydrogen-bond donors (Lipinski definition) is 1. The lowest BCUT2D eigenvalue weighted by Gasteiger charge is -2.02. The van der Waals surface area contributed by atoms with E-state index in [9.17, 15) is 4.39 Å². The molecule has 0 spiro atoms. The van der Waals surface area contributed by atoms with E-state index in [1.807, 2.05) is 6.92 Å². The zero-order valence-corrected chi connectivity index (χ0v) is 8.97. The van der Waals surface area contributed by atoms with Gasteiger partial charge < -0.3 is 5.73 Å². The summed E-state index contributed by atoms with van der Waals surface area (Å²) in [4.78, 5) is 0. The van der Waals surface area contributed by atoms with Crippen LogP contribution in [0.1, 0.15) is 25.1 Å². The zero-order chi connectivity index (χ0) is 11.5. The largest absolute Gasteiger partial charge is 0.323 e. The molecule has 1 atom stereocenters. The van der Waals surface area contributed by atoms with Gasteiger partial charge in [0.15, 0.2) is 0 Å². The Labute approximate surface area is 92.9 Å². The number of halogens is 1. The van der Waals surface area contributed by atoms with Gasteiger partial charge in [0.05, 0.1) is 17.9 Å². The van der Waals surface area contributed by atoms with E-state index in [2.05, 4.69) is 10.3 Å². The molecule has 1 aromatic carbocycles. The first-order chi connectivity index (χ1) is 7.72. The fourth-order valence-electron chi connectivity index (χ4n) is 1.41. The Balaban J connectivity index is 2.35. The lowest BCUT2D eigenvalue weighted by Crippen LogP contribution is -2.08. The van der Waals surface area contributed by atoms with Gasteiger partial charge in [0, 0.05) is 0 Å². The van der Waals surface area contributed by atoms with Crippen molar-refractivity contribution in [3.8, 4) is 5.69 Å². The minimum absolute atomic E-state index is 0.152. The van der Waals surface area contributed by atoms with Gasteiger partial charge in [-0.05, 0) is 18.6 Å². The van der Waals surface area contributed by atoms with E-state index < -0.39 is 0 Å². The second kappa shape index (κ2) is 4.40. The zero-order valence-electron chi connectivity index (χ0n) is 8.97. The topological polar surface area (TPSA) is 56.7 Å². The first-order valence-electron chi connectivity index (χ1n) is 5.15. The van der Waals surface area contributed by atoms with E-state index in [1.165, 1.54) is 10.7 Å². The van der Waals surface area contributed by atoms with Crippen molar-refractivity contribution in [3.05, 3.63) is 42.0 Å².